The van der Waals surface area contributed by atoms with E-state index in [1.54, 1.807) is 0 Å². The van der Waals surface area contributed by atoms with E-state index in [1.165, 1.54) is 0 Å². The summed E-state index contributed by atoms with van der Waals surface area (Å²) in [4.78, 5) is 9.65. The summed E-state index contributed by atoms with van der Waals surface area (Å²) in [6.45, 7) is 1.94. The zero-order valence-electron chi connectivity index (χ0n) is 11.5. The third-order valence-electron chi connectivity index (χ3n) is 2.51. The molecule has 0 radical (unpaired) electrons. The van der Waals surface area contributed by atoms with Crippen molar-refractivity contribution in [2.75, 3.05) is 27.2 Å². The number of benzene rings is 1. The van der Waals surface area contributed by atoms with Gasteiger partial charge in [0.2, 0.25) is 0 Å². The average molecular weight is 344 g/mol. The number of aromatic nitrogens is 2. The third-order valence-corrected chi connectivity index (χ3v) is 2.51. The van der Waals surface area contributed by atoms with E-state index in [1.807, 2.05) is 32.3 Å². The number of nitrogens with two attached hydrogens (primary N) is 1. The summed E-state index contributed by atoms with van der Waals surface area (Å²) in [7, 11) is 4.04. The van der Waals surface area contributed by atoms with Gasteiger partial charge in [-0.3, -0.25) is 0 Å². The van der Waals surface area contributed by atoms with Crippen molar-refractivity contribution in [1.29, 1.82) is 0 Å². The predicted octanol–water partition coefficient (Wildman–Crippen LogP) is 2.23. The predicted molar refractivity (Wildman–Crippen MR) is 89.8 cm³/mol. The van der Waals surface area contributed by atoms with Crippen LogP contribution in [0.25, 0.3) is 11.0 Å². The molecule has 1 aromatic heterocycles. The summed E-state index contributed by atoms with van der Waals surface area (Å²) in [5, 5.41) is 0. The number of fused-ring (bicyclic) bond motifs is 1. The molecule has 2 rings (SSSR count). The lowest BCUT2D eigenvalue weighted by molar-refractivity contribution is 0.263. The molecular formula is C12H21Cl3N4O. The summed E-state index contributed by atoms with van der Waals surface area (Å²) in [6.07, 6.45) is 0. The van der Waals surface area contributed by atoms with Gasteiger partial charge in [-0.1, -0.05) is 6.07 Å². The number of rotatable bonds is 5. The Labute approximate surface area is 137 Å². The average Bonchev–Trinajstić information content (AvgIpc) is 2.72. The number of nitrogens with zero attached hydrogens (tertiary/aromatic N) is 2. The lowest BCUT2D eigenvalue weighted by Crippen LogP contribution is -2.19. The standard InChI is InChI=1S/C12H18N4O.3ClH/c1-16(2)6-7-17-10-5-3-4-9-12(10)15-11(8-13)14-9;;;/h3-5H,6-8,13H2,1-2H3,(H,14,15);3*1H. The quantitative estimate of drug-likeness (QED) is 0.873. The smallest absolute Gasteiger partial charge is 0.147 e. The van der Waals surface area contributed by atoms with Crippen LogP contribution >= 0.6 is 37.2 Å². The molecule has 0 fully saturated rings. The van der Waals surface area contributed by atoms with Gasteiger partial charge in [0.05, 0.1) is 12.1 Å². The second kappa shape index (κ2) is 10.1. The summed E-state index contributed by atoms with van der Waals surface area (Å²) < 4.78 is 5.72. The van der Waals surface area contributed by atoms with E-state index in [2.05, 4.69) is 14.9 Å². The molecule has 1 heterocycles. The van der Waals surface area contributed by atoms with E-state index in [0.717, 1.165) is 29.2 Å². The van der Waals surface area contributed by atoms with Crippen molar-refractivity contribution >= 4 is 48.3 Å². The van der Waals surface area contributed by atoms with Gasteiger partial charge in [0.15, 0.2) is 0 Å². The maximum absolute atomic E-state index is 5.72. The first-order chi connectivity index (χ1) is 8.20. The molecule has 0 spiro atoms. The van der Waals surface area contributed by atoms with Crippen molar-refractivity contribution < 1.29 is 4.74 Å². The van der Waals surface area contributed by atoms with Crippen LogP contribution in [0.15, 0.2) is 18.2 Å². The van der Waals surface area contributed by atoms with Crippen LogP contribution in [0.5, 0.6) is 5.75 Å². The monoisotopic (exact) mass is 342 g/mol. The van der Waals surface area contributed by atoms with Crippen LogP contribution in [-0.2, 0) is 6.54 Å². The van der Waals surface area contributed by atoms with Crippen molar-refractivity contribution in [3.05, 3.63) is 24.0 Å². The van der Waals surface area contributed by atoms with Gasteiger partial charge in [0.1, 0.15) is 23.7 Å². The van der Waals surface area contributed by atoms with Gasteiger partial charge in [0, 0.05) is 6.54 Å². The molecule has 1 aromatic carbocycles. The Morgan fingerprint density at radius 3 is 2.55 bits per heavy atom. The van der Waals surface area contributed by atoms with E-state index in [9.17, 15) is 0 Å². The number of H-pyrrole nitrogens is 1. The number of ether oxygens (including phenoxy) is 1. The van der Waals surface area contributed by atoms with E-state index in [0.29, 0.717) is 13.2 Å². The van der Waals surface area contributed by atoms with Gasteiger partial charge < -0.3 is 20.4 Å². The number of hydrogen-bond donors (Lipinski definition) is 2. The van der Waals surface area contributed by atoms with Gasteiger partial charge in [-0.2, -0.15) is 0 Å². The Kier molecular flexibility index (Phi) is 10.9. The second-order valence-electron chi connectivity index (χ2n) is 4.19. The molecule has 0 atom stereocenters. The van der Waals surface area contributed by atoms with E-state index >= 15 is 0 Å². The van der Waals surface area contributed by atoms with Crippen LogP contribution in [0.2, 0.25) is 0 Å². The fraction of sp³-hybridized carbons (Fsp3) is 0.417. The van der Waals surface area contributed by atoms with Crippen LogP contribution < -0.4 is 10.5 Å². The molecule has 0 aliphatic carbocycles. The van der Waals surface area contributed by atoms with Crippen molar-refractivity contribution in [3.8, 4) is 5.75 Å². The van der Waals surface area contributed by atoms with Gasteiger partial charge in [-0.25, -0.2) is 4.98 Å². The van der Waals surface area contributed by atoms with Gasteiger partial charge >= 0.3 is 0 Å². The molecule has 3 N–H and O–H groups in total. The van der Waals surface area contributed by atoms with E-state index in [-0.39, 0.29) is 37.2 Å². The normalized spacial score (nSPS) is 9.60. The van der Waals surface area contributed by atoms with Gasteiger partial charge in [-0.05, 0) is 26.2 Å². The van der Waals surface area contributed by atoms with Crippen LogP contribution in [0.1, 0.15) is 5.82 Å². The number of imidazole rings is 1. The van der Waals surface area contributed by atoms with Crippen LogP contribution in [0.4, 0.5) is 0 Å². The van der Waals surface area contributed by atoms with Crippen LogP contribution in [0.3, 0.4) is 0 Å². The number of halogens is 3. The van der Waals surface area contributed by atoms with Crippen molar-refractivity contribution in [3.63, 3.8) is 0 Å². The number of nitrogens with one attached hydrogen (secondary N) is 1. The zero-order valence-corrected chi connectivity index (χ0v) is 13.9. The lowest BCUT2D eigenvalue weighted by Gasteiger charge is -2.11. The molecule has 0 bridgehead atoms. The number of para-hydroxylation sites is 1. The Bertz CT molecular complexity index is 504. The van der Waals surface area contributed by atoms with Gasteiger partial charge in [-0.15, -0.1) is 37.2 Å². The zero-order chi connectivity index (χ0) is 12.3. The van der Waals surface area contributed by atoms with Gasteiger partial charge in [0.25, 0.3) is 0 Å². The molecule has 8 heteroatoms. The summed E-state index contributed by atoms with van der Waals surface area (Å²) in [5.74, 6) is 1.59. The lowest BCUT2D eigenvalue weighted by atomic mass is 10.3. The topological polar surface area (TPSA) is 67.2 Å². The molecule has 0 unspecified atom stereocenters. The molecule has 0 aliphatic heterocycles. The number of hydrogen-bond acceptors (Lipinski definition) is 4. The number of aromatic amines is 1. The second-order valence-corrected chi connectivity index (χ2v) is 4.19. The Balaban J connectivity index is 0. The summed E-state index contributed by atoms with van der Waals surface area (Å²) in [6, 6.07) is 5.85. The molecule has 0 aliphatic rings. The molecule has 116 valence electrons. The Morgan fingerprint density at radius 1 is 1.25 bits per heavy atom. The fourth-order valence-electron chi connectivity index (χ4n) is 1.61. The van der Waals surface area contributed by atoms with Crippen molar-refractivity contribution in [1.82, 2.24) is 14.9 Å². The Hall–Kier alpha value is -0.720. The van der Waals surface area contributed by atoms with Crippen LogP contribution in [0, 0.1) is 0 Å². The molecule has 0 amide bonds. The number of likely N-dealkylation sites (N-methyl/N-ethyl adjacent to an activating group) is 1. The van der Waals surface area contributed by atoms with E-state index < -0.39 is 0 Å². The highest BCUT2D eigenvalue weighted by molar-refractivity contribution is 5.86. The maximum Gasteiger partial charge on any atom is 0.147 e. The molecule has 0 saturated carbocycles. The molecule has 0 saturated heterocycles. The highest BCUT2D eigenvalue weighted by Gasteiger charge is 2.07. The SMILES string of the molecule is CN(C)CCOc1cccc2[nH]c(CN)nc12.Cl.Cl.Cl. The molecule has 20 heavy (non-hydrogen) atoms. The molecular weight excluding hydrogens is 323 g/mol. The van der Waals surface area contributed by atoms with Crippen molar-refractivity contribution in [2.24, 2.45) is 5.73 Å². The van der Waals surface area contributed by atoms with Crippen molar-refractivity contribution in [2.45, 2.75) is 6.54 Å². The first-order valence-corrected chi connectivity index (χ1v) is 5.66. The Morgan fingerprint density at radius 2 is 1.95 bits per heavy atom. The molecule has 2 aromatic rings. The third kappa shape index (κ3) is 5.34. The minimum atomic E-state index is 0. The largest absolute Gasteiger partial charge is 0.490 e. The maximum atomic E-state index is 5.72. The summed E-state index contributed by atoms with van der Waals surface area (Å²) in [5.41, 5.74) is 7.38. The van der Waals surface area contributed by atoms with Crippen LogP contribution in [-0.4, -0.2) is 42.1 Å². The minimum Gasteiger partial charge on any atom is -0.490 e. The molecule has 5 nitrogen and oxygen atoms in total. The minimum absolute atomic E-state index is 0. The first kappa shape index (κ1) is 21.6. The highest BCUT2D eigenvalue weighted by atomic mass is 35.5. The summed E-state index contributed by atoms with van der Waals surface area (Å²) >= 11 is 0. The highest BCUT2D eigenvalue weighted by Crippen LogP contribution is 2.23. The first-order valence-electron chi connectivity index (χ1n) is 5.66. The van der Waals surface area contributed by atoms with E-state index in [4.69, 9.17) is 10.5 Å². The fourth-order valence-corrected chi connectivity index (χ4v) is 1.61.